The molecule has 1 aromatic heterocycles. The van der Waals surface area contributed by atoms with Crippen molar-refractivity contribution in [2.45, 2.75) is 39.8 Å². The zero-order valence-corrected chi connectivity index (χ0v) is 11.4. The number of aromatic nitrogens is 1. The number of nitrogens with two attached hydrogens (primary N) is 1. The zero-order chi connectivity index (χ0) is 13.3. The minimum atomic E-state index is -0.595. The molecule has 0 unspecified atom stereocenters. The van der Waals surface area contributed by atoms with Crippen LogP contribution in [0.4, 0.5) is 0 Å². The monoisotopic (exact) mass is 237 g/mol. The Morgan fingerprint density at radius 1 is 1.41 bits per heavy atom. The lowest BCUT2D eigenvalue weighted by molar-refractivity contribution is -0.132. The molecule has 96 valence electrons. The van der Waals surface area contributed by atoms with E-state index in [1.54, 1.807) is 0 Å². The highest BCUT2D eigenvalue weighted by atomic mass is 16.2. The number of carbonyl (C=O) groups excluding carboxylic acids is 1. The molecule has 1 rings (SSSR count). The van der Waals surface area contributed by atoms with Gasteiger partial charge in [0.15, 0.2) is 0 Å². The van der Waals surface area contributed by atoms with Crippen LogP contribution in [-0.2, 0) is 18.4 Å². The molecule has 1 aromatic rings. The Morgan fingerprint density at radius 2 is 2.00 bits per heavy atom. The predicted molar refractivity (Wildman–Crippen MR) is 69.3 cm³/mol. The number of hydrogen-bond acceptors (Lipinski definition) is 2. The maximum absolute atomic E-state index is 12.1. The van der Waals surface area contributed by atoms with E-state index in [-0.39, 0.29) is 5.91 Å². The summed E-state index contributed by atoms with van der Waals surface area (Å²) in [5.41, 5.74) is 5.97. The molecule has 17 heavy (non-hydrogen) atoms. The van der Waals surface area contributed by atoms with Crippen LogP contribution < -0.4 is 11.1 Å². The summed E-state index contributed by atoms with van der Waals surface area (Å²) in [6.07, 6.45) is 3.94. The molecule has 0 aromatic carbocycles. The predicted octanol–water partition coefficient (Wildman–Crippen LogP) is 1.40. The summed E-state index contributed by atoms with van der Waals surface area (Å²) >= 11 is 0. The first-order valence-electron chi connectivity index (χ1n) is 5.82. The van der Waals surface area contributed by atoms with Crippen LogP contribution in [-0.4, -0.2) is 16.0 Å². The summed E-state index contributed by atoms with van der Waals surface area (Å²) in [6, 6.07) is 1.99. The second kappa shape index (κ2) is 4.53. The van der Waals surface area contributed by atoms with Gasteiger partial charge in [0.05, 0.1) is 5.41 Å². The van der Waals surface area contributed by atoms with Crippen LogP contribution in [0.2, 0.25) is 0 Å². The fourth-order valence-electron chi connectivity index (χ4n) is 1.36. The van der Waals surface area contributed by atoms with Crippen LogP contribution in [0.5, 0.6) is 0 Å². The zero-order valence-electron chi connectivity index (χ0n) is 11.4. The van der Waals surface area contributed by atoms with Gasteiger partial charge in [0.2, 0.25) is 5.91 Å². The SMILES string of the molecule is Cn1ccc(CNC(=O)C(C)(C)C(C)(C)N)c1. The summed E-state index contributed by atoms with van der Waals surface area (Å²) in [7, 11) is 1.96. The van der Waals surface area contributed by atoms with Gasteiger partial charge in [0, 0.05) is 31.5 Å². The van der Waals surface area contributed by atoms with Gasteiger partial charge in [-0.1, -0.05) is 0 Å². The van der Waals surface area contributed by atoms with Crippen molar-refractivity contribution in [1.82, 2.24) is 9.88 Å². The molecule has 4 nitrogen and oxygen atoms in total. The van der Waals surface area contributed by atoms with Gasteiger partial charge in [0.25, 0.3) is 0 Å². The fraction of sp³-hybridized carbons (Fsp3) is 0.615. The number of aryl methyl sites for hydroxylation is 1. The first-order chi connectivity index (χ1) is 7.64. The summed E-state index contributed by atoms with van der Waals surface area (Å²) < 4.78 is 1.96. The number of hydrogen-bond donors (Lipinski definition) is 2. The highest BCUT2D eigenvalue weighted by Crippen LogP contribution is 2.28. The highest BCUT2D eigenvalue weighted by molar-refractivity contribution is 5.83. The maximum atomic E-state index is 12.1. The Hall–Kier alpha value is -1.29. The topological polar surface area (TPSA) is 60.0 Å². The van der Waals surface area contributed by atoms with Gasteiger partial charge in [0.1, 0.15) is 0 Å². The molecule has 3 N–H and O–H groups in total. The van der Waals surface area contributed by atoms with Gasteiger partial charge >= 0.3 is 0 Å². The van der Waals surface area contributed by atoms with Crippen molar-refractivity contribution in [3.8, 4) is 0 Å². The first-order valence-corrected chi connectivity index (χ1v) is 5.82. The average molecular weight is 237 g/mol. The fourth-order valence-corrected chi connectivity index (χ4v) is 1.36. The molecular weight excluding hydrogens is 214 g/mol. The standard InChI is InChI=1S/C13H23N3O/c1-12(2,13(3,4)14)11(17)15-8-10-6-7-16(5)9-10/h6-7,9H,8,14H2,1-5H3,(H,15,17). The first kappa shape index (κ1) is 13.8. The van der Waals surface area contributed by atoms with Crippen LogP contribution in [0.1, 0.15) is 33.3 Å². The van der Waals surface area contributed by atoms with E-state index in [9.17, 15) is 4.79 Å². The highest BCUT2D eigenvalue weighted by Gasteiger charge is 2.40. The van der Waals surface area contributed by atoms with E-state index in [1.165, 1.54) is 0 Å². The molecule has 1 heterocycles. The second-order valence-electron chi connectivity index (χ2n) is 5.71. The minimum Gasteiger partial charge on any atom is -0.357 e. The van der Waals surface area contributed by atoms with E-state index in [0.29, 0.717) is 6.54 Å². The summed E-state index contributed by atoms with van der Waals surface area (Å²) in [4.78, 5) is 12.1. The lowest BCUT2D eigenvalue weighted by Gasteiger charge is -2.36. The molecule has 0 fully saturated rings. The second-order valence-corrected chi connectivity index (χ2v) is 5.71. The lowest BCUT2D eigenvalue weighted by atomic mass is 9.74. The smallest absolute Gasteiger partial charge is 0.227 e. The van der Waals surface area contributed by atoms with Crippen molar-refractivity contribution in [3.05, 3.63) is 24.0 Å². The van der Waals surface area contributed by atoms with Gasteiger partial charge in [-0.3, -0.25) is 4.79 Å². The number of carbonyl (C=O) groups is 1. The normalized spacial score (nSPS) is 12.6. The Bertz CT molecular complexity index is 399. The number of nitrogens with zero attached hydrogens (tertiary/aromatic N) is 1. The number of nitrogens with one attached hydrogen (secondary N) is 1. The van der Waals surface area contributed by atoms with Crippen LogP contribution in [0.3, 0.4) is 0 Å². The molecule has 0 bridgehead atoms. The molecule has 0 saturated carbocycles. The lowest BCUT2D eigenvalue weighted by Crippen LogP contribution is -2.55. The van der Waals surface area contributed by atoms with Crippen molar-refractivity contribution in [3.63, 3.8) is 0 Å². The van der Waals surface area contributed by atoms with Gasteiger partial charge < -0.3 is 15.6 Å². The van der Waals surface area contributed by atoms with Crippen LogP contribution in [0.25, 0.3) is 0 Å². The van der Waals surface area contributed by atoms with E-state index in [2.05, 4.69) is 5.32 Å². The third kappa shape index (κ3) is 3.09. The van der Waals surface area contributed by atoms with Gasteiger partial charge in [-0.05, 0) is 39.3 Å². The summed E-state index contributed by atoms with van der Waals surface area (Å²) in [5, 5.41) is 2.93. The Labute approximate surface area is 103 Å². The largest absolute Gasteiger partial charge is 0.357 e. The van der Waals surface area contributed by atoms with E-state index in [0.717, 1.165) is 5.56 Å². The summed E-state index contributed by atoms with van der Waals surface area (Å²) in [5.74, 6) is -0.0196. The van der Waals surface area contributed by atoms with Crippen molar-refractivity contribution >= 4 is 5.91 Å². The third-order valence-corrected chi connectivity index (χ3v) is 3.52. The van der Waals surface area contributed by atoms with E-state index >= 15 is 0 Å². The van der Waals surface area contributed by atoms with Crippen molar-refractivity contribution in [2.24, 2.45) is 18.2 Å². The number of rotatable bonds is 4. The molecule has 0 aliphatic heterocycles. The van der Waals surface area contributed by atoms with Crippen LogP contribution in [0.15, 0.2) is 18.5 Å². The van der Waals surface area contributed by atoms with Gasteiger partial charge in [-0.25, -0.2) is 0 Å². The van der Waals surface area contributed by atoms with Gasteiger partial charge in [-0.15, -0.1) is 0 Å². The van der Waals surface area contributed by atoms with Crippen molar-refractivity contribution in [1.29, 1.82) is 0 Å². The molecule has 0 radical (unpaired) electrons. The molecule has 0 saturated heterocycles. The molecule has 4 heteroatoms. The van der Waals surface area contributed by atoms with E-state index in [1.807, 2.05) is 57.8 Å². The third-order valence-electron chi connectivity index (χ3n) is 3.52. The molecule has 1 amide bonds. The summed E-state index contributed by atoms with van der Waals surface area (Å²) in [6.45, 7) is 8.02. The molecular formula is C13H23N3O. The van der Waals surface area contributed by atoms with Crippen LogP contribution >= 0.6 is 0 Å². The Kier molecular flexibility index (Phi) is 3.67. The van der Waals surface area contributed by atoms with Crippen molar-refractivity contribution in [2.75, 3.05) is 0 Å². The molecule has 0 spiro atoms. The average Bonchev–Trinajstić information content (AvgIpc) is 2.58. The quantitative estimate of drug-likeness (QED) is 0.831. The Balaban J connectivity index is 2.61. The molecule has 0 atom stereocenters. The minimum absolute atomic E-state index is 0.0196. The van der Waals surface area contributed by atoms with Crippen molar-refractivity contribution < 1.29 is 4.79 Å². The van der Waals surface area contributed by atoms with E-state index in [4.69, 9.17) is 5.73 Å². The molecule has 0 aliphatic carbocycles. The number of amides is 1. The van der Waals surface area contributed by atoms with E-state index < -0.39 is 11.0 Å². The Morgan fingerprint density at radius 3 is 2.41 bits per heavy atom. The van der Waals surface area contributed by atoms with Crippen LogP contribution in [0, 0.1) is 5.41 Å². The maximum Gasteiger partial charge on any atom is 0.227 e. The molecule has 0 aliphatic rings. The van der Waals surface area contributed by atoms with Gasteiger partial charge in [-0.2, -0.15) is 0 Å².